The summed E-state index contributed by atoms with van der Waals surface area (Å²) in [7, 11) is 0. The molecule has 3 heterocycles. The molecule has 0 aliphatic carbocycles. The number of benzene rings is 2. The van der Waals surface area contributed by atoms with Crippen molar-refractivity contribution in [2.75, 3.05) is 5.01 Å². The van der Waals surface area contributed by atoms with Crippen molar-refractivity contribution in [1.82, 2.24) is 9.97 Å². The summed E-state index contributed by atoms with van der Waals surface area (Å²) in [6.07, 6.45) is 4.39. The number of thiazole rings is 1. The van der Waals surface area contributed by atoms with Crippen LogP contribution in [0.15, 0.2) is 83.5 Å². The maximum absolute atomic E-state index is 10.9. The number of non-ortho nitro benzene ring substituents is 1. The Morgan fingerprint density at radius 1 is 1.09 bits per heavy atom. The van der Waals surface area contributed by atoms with E-state index < -0.39 is 4.92 Å². The summed E-state index contributed by atoms with van der Waals surface area (Å²) in [5, 5.41) is 20.6. The first-order chi connectivity index (χ1) is 15.6. The molecule has 7 nitrogen and oxygen atoms in total. The Labute approximate surface area is 188 Å². The quantitative estimate of drug-likeness (QED) is 0.290. The van der Waals surface area contributed by atoms with Gasteiger partial charge in [0.25, 0.3) is 5.69 Å². The topological polar surface area (TPSA) is 84.5 Å². The Bertz CT molecular complexity index is 1300. The van der Waals surface area contributed by atoms with Gasteiger partial charge in [-0.3, -0.25) is 15.1 Å². The standard InChI is InChI=1S/C24H19N5O2S/c1-16-4-2-5-18(12-16)21-13-23(19-6-3-11-25-14-19)28(27-21)24-26-22(15-32-24)17-7-9-20(10-8-17)29(30)31/h2-12,14-15,23H,13H2,1H3. The van der Waals surface area contributed by atoms with Crippen LogP contribution in [-0.2, 0) is 0 Å². The second kappa shape index (κ2) is 8.32. The highest BCUT2D eigenvalue weighted by atomic mass is 32.1. The van der Waals surface area contributed by atoms with Crippen LogP contribution in [0.5, 0.6) is 0 Å². The van der Waals surface area contributed by atoms with Gasteiger partial charge in [-0.15, -0.1) is 11.3 Å². The molecule has 0 amide bonds. The second-order valence-electron chi connectivity index (χ2n) is 7.59. The van der Waals surface area contributed by atoms with Crippen LogP contribution in [0, 0.1) is 17.0 Å². The number of hydrazone groups is 1. The van der Waals surface area contributed by atoms with E-state index in [1.165, 1.54) is 29.0 Å². The largest absolute Gasteiger partial charge is 0.269 e. The van der Waals surface area contributed by atoms with Crippen LogP contribution in [0.4, 0.5) is 10.8 Å². The third-order valence-electron chi connectivity index (χ3n) is 5.39. The zero-order chi connectivity index (χ0) is 22.1. The SMILES string of the molecule is Cc1cccc(C2=NN(c3nc(-c4ccc([N+](=O)[O-])cc4)cs3)C(c3cccnc3)C2)c1. The predicted octanol–water partition coefficient (Wildman–Crippen LogP) is 5.78. The van der Waals surface area contributed by atoms with Crippen molar-refractivity contribution >= 4 is 27.9 Å². The van der Waals surface area contributed by atoms with Gasteiger partial charge >= 0.3 is 0 Å². The lowest BCUT2D eigenvalue weighted by molar-refractivity contribution is -0.384. The van der Waals surface area contributed by atoms with Crippen molar-refractivity contribution in [1.29, 1.82) is 0 Å². The van der Waals surface area contributed by atoms with Crippen molar-refractivity contribution in [3.05, 3.63) is 105 Å². The number of hydrogen-bond acceptors (Lipinski definition) is 7. The minimum absolute atomic E-state index is 0.00456. The van der Waals surface area contributed by atoms with E-state index in [1.54, 1.807) is 18.3 Å². The molecular formula is C24H19N5O2S. The minimum atomic E-state index is -0.402. The molecule has 5 rings (SSSR count). The maximum atomic E-state index is 10.9. The molecule has 1 aliphatic rings. The maximum Gasteiger partial charge on any atom is 0.269 e. The third kappa shape index (κ3) is 3.88. The van der Waals surface area contributed by atoms with Gasteiger partial charge in [0.1, 0.15) is 0 Å². The number of aryl methyl sites for hydroxylation is 1. The van der Waals surface area contributed by atoms with E-state index in [0.717, 1.165) is 39.6 Å². The number of pyridine rings is 1. The zero-order valence-corrected chi connectivity index (χ0v) is 18.1. The van der Waals surface area contributed by atoms with Gasteiger partial charge < -0.3 is 0 Å². The average Bonchev–Trinajstić information content (AvgIpc) is 3.47. The van der Waals surface area contributed by atoms with Crippen LogP contribution in [0.1, 0.15) is 29.2 Å². The smallest absolute Gasteiger partial charge is 0.264 e. The monoisotopic (exact) mass is 441 g/mol. The lowest BCUT2D eigenvalue weighted by Crippen LogP contribution is -2.18. The normalized spacial score (nSPS) is 15.6. The molecule has 1 unspecified atom stereocenters. The molecule has 2 aromatic carbocycles. The molecule has 4 aromatic rings. The van der Waals surface area contributed by atoms with Gasteiger partial charge in [0, 0.05) is 41.9 Å². The van der Waals surface area contributed by atoms with E-state index in [2.05, 4.69) is 36.2 Å². The van der Waals surface area contributed by atoms with E-state index >= 15 is 0 Å². The first-order valence-electron chi connectivity index (χ1n) is 10.1. The molecule has 0 saturated heterocycles. The molecule has 1 aliphatic heterocycles. The van der Waals surface area contributed by atoms with E-state index in [4.69, 9.17) is 10.1 Å². The predicted molar refractivity (Wildman–Crippen MR) is 126 cm³/mol. The summed E-state index contributed by atoms with van der Waals surface area (Å²) in [5.41, 5.74) is 6.04. The molecule has 0 radical (unpaired) electrons. The van der Waals surface area contributed by atoms with E-state index in [-0.39, 0.29) is 11.7 Å². The molecule has 8 heteroatoms. The van der Waals surface area contributed by atoms with Gasteiger partial charge in [-0.25, -0.2) is 9.99 Å². The van der Waals surface area contributed by atoms with Crippen LogP contribution in [0.2, 0.25) is 0 Å². The zero-order valence-electron chi connectivity index (χ0n) is 17.3. The van der Waals surface area contributed by atoms with Crippen molar-refractivity contribution in [2.45, 2.75) is 19.4 Å². The fourth-order valence-corrected chi connectivity index (χ4v) is 4.61. The Morgan fingerprint density at radius 2 is 1.94 bits per heavy atom. The number of aromatic nitrogens is 2. The Balaban J connectivity index is 1.51. The van der Waals surface area contributed by atoms with Gasteiger partial charge in [-0.05, 0) is 36.2 Å². The van der Waals surface area contributed by atoms with Gasteiger partial charge in [0.2, 0.25) is 5.13 Å². The summed E-state index contributed by atoms with van der Waals surface area (Å²) in [4.78, 5) is 19.6. The van der Waals surface area contributed by atoms with E-state index in [1.807, 2.05) is 28.7 Å². The number of anilines is 1. The summed E-state index contributed by atoms with van der Waals surface area (Å²) >= 11 is 1.50. The van der Waals surface area contributed by atoms with Crippen molar-refractivity contribution in [3.63, 3.8) is 0 Å². The first-order valence-corrected chi connectivity index (χ1v) is 11.0. The van der Waals surface area contributed by atoms with Crippen LogP contribution >= 0.6 is 11.3 Å². The second-order valence-corrected chi connectivity index (χ2v) is 8.42. The first kappa shape index (κ1) is 20.0. The molecule has 0 bridgehead atoms. The summed E-state index contributed by atoms with van der Waals surface area (Å²) < 4.78 is 0. The molecule has 32 heavy (non-hydrogen) atoms. The fraction of sp³-hybridized carbons (Fsp3) is 0.125. The van der Waals surface area contributed by atoms with Gasteiger partial charge in [0.15, 0.2) is 0 Å². The van der Waals surface area contributed by atoms with Crippen LogP contribution in [-0.4, -0.2) is 20.6 Å². The number of nitro groups is 1. The molecule has 0 saturated carbocycles. The third-order valence-corrected chi connectivity index (χ3v) is 6.22. The summed E-state index contributed by atoms with van der Waals surface area (Å²) in [6, 6.07) is 18.8. The highest BCUT2D eigenvalue weighted by Gasteiger charge is 2.32. The lowest BCUT2D eigenvalue weighted by atomic mass is 9.99. The fourth-order valence-electron chi connectivity index (χ4n) is 3.77. The molecule has 1 atom stereocenters. The number of nitro benzene ring substituents is 1. The van der Waals surface area contributed by atoms with Crippen LogP contribution in [0.3, 0.4) is 0 Å². The highest BCUT2D eigenvalue weighted by Crippen LogP contribution is 2.39. The molecular weight excluding hydrogens is 422 g/mol. The molecule has 0 spiro atoms. The molecule has 2 aromatic heterocycles. The number of hydrogen-bond donors (Lipinski definition) is 0. The summed E-state index contributed by atoms with van der Waals surface area (Å²) in [6.45, 7) is 2.08. The Hall–Kier alpha value is -3.91. The van der Waals surface area contributed by atoms with E-state index in [9.17, 15) is 10.1 Å². The average molecular weight is 442 g/mol. The number of rotatable bonds is 5. The van der Waals surface area contributed by atoms with Crippen LogP contribution in [0.25, 0.3) is 11.3 Å². The highest BCUT2D eigenvalue weighted by molar-refractivity contribution is 7.14. The minimum Gasteiger partial charge on any atom is -0.264 e. The molecule has 0 N–H and O–H groups in total. The Kier molecular flexibility index (Phi) is 5.20. The molecule has 158 valence electrons. The number of nitrogens with zero attached hydrogens (tertiary/aromatic N) is 5. The van der Waals surface area contributed by atoms with Crippen molar-refractivity contribution in [2.24, 2.45) is 5.10 Å². The Morgan fingerprint density at radius 3 is 2.66 bits per heavy atom. The van der Waals surface area contributed by atoms with Gasteiger partial charge in [-0.2, -0.15) is 5.10 Å². The van der Waals surface area contributed by atoms with Gasteiger partial charge in [-0.1, -0.05) is 35.9 Å². The van der Waals surface area contributed by atoms with Crippen molar-refractivity contribution < 1.29 is 4.92 Å². The van der Waals surface area contributed by atoms with Crippen LogP contribution < -0.4 is 5.01 Å². The summed E-state index contributed by atoms with van der Waals surface area (Å²) in [5.74, 6) is 0. The van der Waals surface area contributed by atoms with Gasteiger partial charge in [0.05, 0.1) is 22.4 Å². The van der Waals surface area contributed by atoms with E-state index in [0.29, 0.717) is 0 Å². The molecule has 0 fully saturated rings. The van der Waals surface area contributed by atoms with Crippen molar-refractivity contribution in [3.8, 4) is 11.3 Å². The lowest BCUT2D eigenvalue weighted by Gasteiger charge is -2.20.